The van der Waals surface area contributed by atoms with E-state index in [-0.39, 0.29) is 29.9 Å². The largest absolute Gasteiger partial charge is 0.495 e. The fourth-order valence-corrected chi connectivity index (χ4v) is 8.24. The first-order chi connectivity index (χ1) is 24.2. The van der Waals surface area contributed by atoms with Crippen LogP contribution in [0.5, 0.6) is 5.75 Å². The molecule has 13 heteroatoms. The normalized spacial score (nSPS) is 21.3. The zero-order chi connectivity index (χ0) is 35.2. The van der Waals surface area contributed by atoms with E-state index in [1.807, 2.05) is 13.0 Å². The molecule has 4 aliphatic rings. The molecule has 2 aliphatic carbocycles. The van der Waals surface area contributed by atoms with Crippen molar-refractivity contribution in [3.8, 4) is 5.75 Å². The van der Waals surface area contributed by atoms with Crippen molar-refractivity contribution in [1.82, 2.24) is 25.5 Å². The summed E-state index contributed by atoms with van der Waals surface area (Å²) in [7, 11) is 3.36. The van der Waals surface area contributed by atoms with Gasteiger partial charge in [-0.3, -0.25) is 14.4 Å². The van der Waals surface area contributed by atoms with Gasteiger partial charge in [0.1, 0.15) is 23.5 Å². The molecule has 0 spiro atoms. The monoisotopic (exact) mass is 690 g/mol. The van der Waals surface area contributed by atoms with E-state index in [2.05, 4.69) is 30.7 Å². The molecule has 2 atom stereocenters. The SMILES string of the molecule is CC[C@@H]1C(=O)N(C)c2cnc(Nc3ccc(C(=O)NC4CCN(CCC[C@H](NC5CCCC5)C(=O)O)CC4)cc3OC)nc2N1C1CCCC1. The van der Waals surface area contributed by atoms with E-state index in [1.165, 1.54) is 12.8 Å². The van der Waals surface area contributed by atoms with Crippen LogP contribution in [0.25, 0.3) is 0 Å². The van der Waals surface area contributed by atoms with Gasteiger partial charge in [-0.15, -0.1) is 0 Å². The van der Waals surface area contributed by atoms with Gasteiger partial charge in [0, 0.05) is 43.8 Å². The van der Waals surface area contributed by atoms with Gasteiger partial charge in [-0.05, 0) is 82.5 Å². The maximum atomic E-state index is 13.3. The van der Waals surface area contributed by atoms with E-state index in [0.717, 1.165) is 83.2 Å². The molecule has 6 rings (SSSR count). The van der Waals surface area contributed by atoms with Crippen LogP contribution in [0.2, 0.25) is 0 Å². The molecule has 2 saturated carbocycles. The number of methoxy groups -OCH3 is 1. The number of likely N-dealkylation sites (tertiary alicyclic amines) is 1. The first-order valence-corrected chi connectivity index (χ1v) is 18.7. The number of benzene rings is 1. The number of likely N-dealkylation sites (N-methyl/N-ethyl adjacent to an activating group) is 1. The summed E-state index contributed by atoms with van der Waals surface area (Å²) >= 11 is 0. The number of carbonyl (C=O) groups excluding carboxylic acids is 2. The molecule has 272 valence electrons. The number of carbonyl (C=O) groups is 3. The van der Waals surface area contributed by atoms with Gasteiger partial charge >= 0.3 is 5.97 Å². The van der Waals surface area contributed by atoms with Crippen molar-refractivity contribution in [3.63, 3.8) is 0 Å². The van der Waals surface area contributed by atoms with Crippen molar-refractivity contribution < 1.29 is 24.2 Å². The molecule has 1 saturated heterocycles. The summed E-state index contributed by atoms with van der Waals surface area (Å²) in [4.78, 5) is 54.0. The summed E-state index contributed by atoms with van der Waals surface area (Å²) in [5.41, 5.74) is 1.86. The highest BCUT2D eigenvalue weighted by molar-refractivity contribution is 6.04. The Morgan fingerprint density at radius 2 is 1.76 bits per heavy atom. The standard InChI is InChI=1S/C37H54N8O5/c1-4-30-35(47)43(2)31-23-38-37(42-33(31)45(30)27-12-7-8-13-27)41-28-16-15-24(22-32(28)50-3)34(46)40-26-17-20-44(21-18-26)19-9-14-29(36(48)49)39-25-10-5-6-11-25/h15-16,22-23,25-27,29-30,39H,4-14,17-21H2,1-3H3,(H,40,46)(H,48,49)(H,38,41,42)/t29-,30+/m0/s1. The fraction of sp³-hybridized carbons (Fsp3) is 0.649. The van der Waals surface area contributed by atoms with Gasteiger partial charge in [0.05, 0.1) is 19.0 Å². The lowest BCUT2D eigenvalue weighted by molar-refractivity contribution is -0.140. The number of hydrogen-bond acceptors (Lipinski definition) is 10. The first-order valence-electron chi connectivity index (χ1n) is 18.7. The number of rotatable bonds is 14. The highest BCUT2D eigenvalue weighted by atomic mass is 16.5. The second-order valence-electron chi connectivity index (χ2n) is 14.4. The van der Waals surface area contributed by atoms with Crippen molar-refractivity contribution in [2.75, 3.05) is 48.9 Å². The summed E-state index contributed by atoms with van der Waals surface area (Å²) in [6.07, 6.45) is 14.5. The Labute approximate surface area is 295 Å². The van der Waals surface area contributed by atoms with Gasteiger partial charge in [-0.1, -0.05) is 32.6 Å². The number of nitrogens with one attached hydrogen (secondary N) is 3. The lowest BCUT2D eigenvalue weighted by Gasteiger charge is -2.43. The lowest BCUT2D eigenvalue weighted by atomic mass is 10.0. The van der Waals surface area contributed by atoms with E-state index in [1.54, 1.807) is 37.4 Å². The Morgan fingerprint density at radius 3 is 2.44 bits per heavy atom. The summed E-state index contributed by atoms with van der Waals surface area (Å²) in [6, 6.07) is 5.27. The van der Waals surface area contributed by atoms with Gasteiger partial charge in [0.25, 0.3) is 5.91 Å². The molecule has 1 aromatic heterocycles. The predicted molar refractivity (Wildman–Crippen MR) is 194 cm³/mol. The van der Waals surface area contributed by atoms with Crippen molar-refractivity contribution in [3.05, 3.63) is 30.0 Å². The molecule has 0 radical (unpaired) electrons. The quantitative estimate of drug-likeness (QED) is 0.219. The Hall–Kier alpha value is -3.97. The average Bonchev–Trinajstić information content (AvgIpc) is 3.85. The molecule has 0 unspecified atom stereocenters. The summed E-state index contributed by atoms with van der Waals surface area (Å²) in [5.74, 6) is 0.841. The first kappa shape index (κ1) is 35.8. The van der Waals surface area contributed by atoms with Crippen LogP contribution in [0, 0.1) is 0 Å². The minimum atomic E-state index is -0.756. The van der Waals surface area contributed by atoms with Crippen LogP contribution in [0.3, 0.4) is 0 Å². The van der Waals surface area contributed by atoms with E-state index in [0.29, 0.717) is 47.5 Å². The number of carboxylic acid groups (broad SMARTS) is 1. The van der Waals surface area contributed by atoms with Gasteiger partial charge in [-0.25, -0.2) is 4.98 Å². The number of hydrogen-bond donors (Lipinski definition) is 4. The molecule has 2 aliphatic heterocycles. The topological polar surface area (TPSA) is 152 Å². The van der Waals surface area contributed by atoms with E-state index in [9.17, 15) is 19.5 Å². The molecule has 1 aromatic carbocycles. The highest BCUT2D eigenvalue weighted by Crippen LogP contribution is 2.40. The summed E-state index contributed by atoms with van der Waals surface area (Å²) in [6.45, 7) is 4.65. The van der Waals surface area contributed by atoms with Crippen LogP contribution in [0.4, 0.5) is 23.1 Å². The van der Waals surface area contributed by atoms with Gasteiger partial charge in [0.2, 0.25) is 11.9 Å². The fourth-order valence-electron chi connectivity index (χ4n) is 8.24. The van der Waals surface area contributed by atoms with E-state index < -0.39 is 12.0 Å². The minimum absolute atomic E-state index is 0.0713. The second-order valence-corrected chi connectivity index (χ2v) is 14.4. The van der Waals surface area contributed by atoms with Crippen LogP contribution >= 0.6 is 0 Å². The van der Waals surface area contributed by atoms with Crippen LogP contribution in [0.1, 0.15) is 101 Å². The van der Waals surface area contributed by atoms with Crippen LogP contribution < -0.4 is 30.5 Å². The maximum absolute atomic E-state index is 13.3. The number of aromatic nitrogens is 2. The molecule has 4 N–H and O–H groups in total. The zero-order valence-corrected chi connectivity index (χ0v) is 29.8. The number of ether oxygens (including phenoxy) is 1. The van der Waals surface area contributed by atoms with Crippen LogP contribution in [-0.4, -0.2) is 102 Å². The average molecular weight is 691 g/mol. The number of nitrogens with zero attached hydrogens (tertiary/aromatic N) is 5. The van der Waals surface area contributed by atoms with Crippen molar-refractivity contribution in [2.45, 2.75) is 121 Å². The smallest absolute Gasteiger partial charge is 0.320 e. The van der Waals surface area contributed by atoms with Crippen LogP contribution in [-0.2, 0) is 9.59 Å². The number of carboxylic acids is 1. The minimum Gasteiger partial charge on any atom is -0.495 e. The van der Waals surface area contributed by atoms with Crippen molar-refractivity contribution >= 4 is 40.9 Å². The van der Waals surface area contributed by atoms with Gasteiger partial charge in [0.15, 0.2) is 5.82 Å². The lowest BCUT2D eigenvalue weighted by Crippen LogP contribution is -2.55. The third kappa shape index (κ3) is 8.15. The predicted octanol–water partition coefficient (Wildman–Crippen LogP) is 4.69. The number of aliphatic carboxylic acids is 1. The molecular weight excluding hydrogens is 636 g/mol. The Balaban J connectivity index is 1.03. The number of anilines is 4. The number of amides is 2. The molecule has 2 amide bonds. The number of piperidine rings is 1. The third-order valence-electron chi connectivity index (χ3n) is 11.1. The molecular formula is C37H54N8O5. The Kier molecular flexibility index (Phi) is 11.7. The van der Waals surface area contributed by atoms with Crippen molar-refractivity contribution in [1.29, 1.82) is 0 Å². The highest BCUT2D eigenvalue weighted by Gasteiger charge is 2.41. The molecule has 0 bridgehead atoms. The van der Waals surface area contributed by atoms with E-state index >= 15 is 0 Å². The van der Waals surface area contributed by atoms with Gasteiger partial charge in [-0.2, -0.15) is 4.98 Å². The zero-order valence-electron chi connectivity index (χ0n) is 29.8. The van der Waals surface area contributed by atoms with Crippen LogP contribution in [0.15, 0.2) is 24.4 Å². The molecule has 3 heterocycles. The molecule has 13 nitrogen and oxygen atoms in total. The molecule has 3 fully saturated rings. The van der Waals surface area contributed by atoms with E-state index in [4.69, 9.17) is 9.72 Å². The van der Waals surface area contributed by atoms with Crippen molar-refractivity contribution in [2.24, 2.45) is 0 Å². The third-order valence-corrected chi connectivity index (χ3v) is 11.1. The summed E-state index contributed by atoms with van der Waals surface area (Å²) in [5, 5.41) is 19.5. The second kappa shape index (κ2) is 16.4. The van der Waals surface area contributed by atoms with Gasteiger partial charge < -0.3 is 40.5 Å². The molecule has 2 aromatic rings. The Morgan fingerprint density at radius 1 is 1.04 bits per heavy atom. The summed E-state index contributed by atoms with van der Waals surface area (Å²) < 4.78 is 5.69. The number of fused-ring (bicyclic) bond motifs is 1. The Bertz CT molecular complexity index is 1500. The maximum Gasteiger partial charge on any atom is 0.320 e. The molecule has 50 heavy (non-hydrogen) atoms.